The van der Waals surface area contributed by atoms with Crippen molar-refractivity contribution < 1.29 is 9.90 Å². The van der Waals surface area contributed by atoms with Gasteiger partial charge in [0.25, 0.3) is 0 Å². The van der Waals surface area contributed by atoms with E-state index < -0.39 is 5.60 Å². The van der Waals surface area contributed by atoms with Gasteiger partial charge in [0.15, 0.2) is 0 Å². The van der Waals surface area contributed by atoms with Gasteiger partial charge in [0.2, 0.25) is 5.91 Å². The van der Waals surface area contributed by atoms with Crippen LogP contribution in [0.25, 0.3) is 0 Å². The van der Waals surface area contributed by atoms with Gasteiger partial charge in [0.1, 0.15) is 0 Å². The number of benzene rings is 2. The number of aryl methyl sites for hydroxylation is 1. The molecule has 3 nitrogen and oxygen atoms in total. The summed E-state index contributed by atoms with van der Waals surface area (Å²) >= 11 is 0. The van der Waals surface area contributed by atoms with Crippen LogP contribution in [0, 0.1) is 6.92 Å². The van der Waals surface area contributed by atoms with E-state index in [0.29, 0.717) is 6.54 Å². The monoisotopic (exact) mass is 295 g/mol. The molecule has 1 aliphatic rings. The van der Waals surface area contributed by atoms with E-state index in [4.69, 9.17) is 0 Å². The zero-order chi connectivity index (χ0) is 15.7. The molecule has 1 heterocycles. The Balaban J connectivity index is 1.83. The predicted octanol–water partition coefficient (Wildman–Crippen LogP) is 3.18. The quantitative estimate of drug-likeness (QED) is 0.944. The molecule has 1 amide bonds. The van der Waals surface area contributed by atoms with Gasteiger partial charge in [-0.25, -0.2) is 0 Å². The average Bonchev–Trinajstić information content (AvgIpc) is 2.93. The zero-order valence-corrected chi connectivity index (χ0v) is 13.0. The largest absolute Gasteiger partial charge is 0.385 e. The minimum atomic E-state index is -1.15. The summed E-state index contributed by atoms with van der Waals surface area (Å²) in [5.41, 5.74) is 2.98. The average molecular weight is 295 g/mol. The highest BCUT2D eigenvalue weighted by Crippen LogP contribution is 2.34. The Bertz CT molecular complexity index is 692. The van der Waals surface area contributed by atoms with Gasteiger partial charge in [0, 0.05) is 12.2 Å². The lowest BCUT2D eigenvalue weighted by Crippen LogP contribution is -2.36. The molecule has 0 spiro atoms. The van der Waals surface area contributed by atoms with Crippen LogP contribution in [-0.4, -0.2) is 17.6 Å². The number of hydrogen-bond acceptors (Lipinski definition) is 2. The molecule has 1 atom stereocenters. The number of carbonyl (C=O) groups excluding carboxylic acids is 1. The van der Waals surface area contributed by atoms with Crippen molar-refractivity contribution in [3.05, 3.63) is 65.2 Å². The second-order valence-electron chi connectivity index (χ2n) is 6.19. The predicted molar refractivity (Wildman–Crippen MR) is 87.9 cm³/mol. The number of aliphatic hydroxyl groups is 1. The Kier molecular flexibility index (Phi) is 3.75. The molecule has 0 saturated heterocycles. The minimum Gasteiger partial charge on any atom is -0.385 e. The maximum atomic E-state index is 12.7. The fourth-order valence-electron chi connectivity index (χ4n) is 3.19. The Morgan fingerprint density at radius 1 is 1.18 bits per heavy atom. The topological polar surface area (TPSA) is 40.5 Å². The molecule has 3 rings (SSSR count). The summed E-state index contributed by atoms with van der Waals surface area (Å²) in [6.07, 6.45) is 0.973. The van der Waals surface area contributed by atoms with Crippen LogP contribution in [0.15, 0.2) is 48.5 Å². The molecule has 0 aliphatic carbocycles. The van der Waals surface area contributed by atoms with Crippen molar-refractivity contribution in [1.82, 2.24) is 0 Å². The van der Waals surface area contributed by atoms with Gasteiger partial charge in [-0.1, -0.05) is 48.5 Å². The lowest BCUT2D eigenvalue weighted by Gasteiger charge is -2.27. The highest BCUT2D eigenvalue weighted by atomic mass is 16.3. The lowest BCUT2D eigenvalue weighted by molar-refractivity contribution is -0.123. The van der Waals surface area contributed by atoms with E-state index >= 15 is 0 Å². The van der Waals surface area contributed by atoms with E-state index in [2.05, 4.69) is 6.07 Å². The number of fused-ring (bicyclic) bond motifs is 1. The number of hydrogen-bond donors (Lipinski definition) is 1. The van der Waals surface area contributed by atoms with Gasteiger partial charge in [0.05, 0.1) is 12.0 Å². The Morgan fingerprint density at radius 3 is 2.64 bits per heavy atom. The van der Waals surface area contributed by atoms with Crippen LogP contribution >= 0.6 is 0 Å². The molecule has 1 N–H and O–H groups in total. The fourth-order valence-corrected chi connectivity index (χ4v) is 3.19. The molecule has 3 heteroatoms. The number of amides is 1. The van der Waals surface area contributed by atoms with Crippen molar-refractivity contribution >= 4 is 11.6 Å². The van der Waals surface area contributed by atoms with Crippen molar-refractivity contribution in [3.63, 3.8) is 0 Å². The van der Waals surface area contributed by atoms with Crippen LogP contribution in [0.5, 0.6) is 0 Å². The highest BCUT2D eigenvalue weighted by molar-refractivity contribution is 5.96. The molecule has 2 aromatic carbocycles. The molecule has 0 radical (unpaired) electrons. The first-order chi connectivity index (χ1) is 10.5. The van der Waals surface area contributed by atoms with E-state index in [1.54, 1.807) is 6.92 Å². The molecule has 0 aromatic heterocycles. The van der Waals surface area contributed by atoms with Crippen LogP contribution in [0.4, 0.5) is 5.69 Å². The second-order valence-corrected chi connectivity index (χ2v) is 6.19. The van der Waals surface area contributed by atoms with Crippen LogP contribution in [0.3, 0.4) is 0 Å². The standard InChI is InChI=1S/C19H21NO2/c1-14-7-6-8-15-11-12-20(18(14)15)17(21)13-19(2,22)16-9-4-3-5-10-16/h3-10,22H,11-13H2,1-2H3. The second kappa shape index (κ2) is 5.58. The molecule has 2 aromatic rings. The van der Waals surface area contributed by atoms with E-state index in [1.807, 2.05) is 54.3 Å². The van der Waals surface area contributed by atoms with E-state index in [1.165, 1.54) is 5.56 Å². The highest BCUT2D eigenvalue weighted by Gasteiger charge is 2.32. The van der Waals surface area contributed by atoms with Crippen LogP contribution in [0.1, 0.15) is 30.0 Å². The van der Waals surface area contributed by atoms with Crippen molar-refractivity contribution in [2.24, 2.45) is 0 Å². The maximum absolute atomic E-state index is 12.7. The molecule has 0 bridgehead atoms. The summed E-state index contributed by atoms with van der Waals surface area (Å²) in [6.45, 7) is 4.43. The zero-order valence-electron chi connectivity index (χ0n) is 13.0. The number of rotatable bonds is 3. The lowest BCUT2D eigenvalue weighted by atomic mass is 9.92. The number of para-hydroxylation sites is 1. The molecular weight excluding hydrogens is 274 g/mol. The Morgan fingerprint density at radius 2 is 1.91 bits per heavy atom. The van der Waals surface area contributed by atoms with Gasteiger partial charge in [-0.3, -0.25) is 4.79 Å². The first kappa shape index (κ1) is 14.8. The van der Waals surface area contributed by atoms with Crippen LogP contribution in [0.2, 0.25) is 0 Å². The SMILES string of the molecule is Cc1cccc2c1N(C(=O)CC(C)(O)c1ccccc1)CC2. The Hall–Kier alpha value is -2.13. The summed E-state index contributed by atoms with van der Waals surface area (Å²) in [6, 6.07) is 15.5. The third-order valence-corrected chi connectivity index (χ3v) is 4.39. The van der Waals surface area contributed by atoms with Crippen molar-refractivity contribution in [2.75, 3.05) is 11.4 Å². The molecule has 22 heavy (non-hydrogen) atoms. The van der Waals surface area contributed by atoms with Gasteiger partial charge < -0.3 is 10.0 Å². The minimum absolute atomic E-state index is 0.0260. The van der Waals surface area contributed by atoms with E-state index in [9.17, 15) is 9.90 Å². The molecule has 1 unspecified atom stereocenters. The Labute approximate surface area is 131 Å². The van der Waals surface area contributed by atoms with Crippen molar-refractivity contribution in [2.45, 2.75) is 32.3 Å². The normalized spacial score (nSPS) is 16.2. The molecular formula is C19H21NO2. The number of anilines is 1. The maximum Gasteiger partial charge on any atom is 0.230 e. The van der Waals surface area contributed by atoms with E-state index in [0.717, 1.165) is 23.2 Å². The van der Waals surface area contributed by atoms with Crippen molar-refractivity contribution in [3.8, 4) is 0 Å². The van der Waals surface area contributed by atoms with E-state index in [-0.39, 0.29) is 12.3 Å². The van der Waals surface area contributed by atoms with Gasteiger partial charge in [-0.15, -0.1) is 0 Å². The van der Waals surface area contributed by atoms with Crippen LogP contribution < -0.4 is 4.90 Å². The third kappa shape index (κ3) is 2.64. The smallest absolute Gasteiger partial charge is 0.230 e. The molecule has 114 valence electrons. The summed E-state index contributed by atoms with van der Waals surface area (Å²) < 4.78 is 0. The molecule has 0 saturated carbocycles. The number of nitrogens with zero attached hydrogens (tertiary/aromatic N) is 1. The summed E-state index contributed by atoms with van der Waals surface area (Å²) in [5.74, 6) is -0.0260. The summed E-state index contributed by atoms with van der Waals surface area (Å²) in [7, 11) is 0. The van der Waals surface area contributed by atoms with Crippen LogP contribution in [-0.2, 0) is 16.8 Å². The summed E-state index contributed by atoms with van der Waals surface area (Å²) in [4.78, 5) is 14.5. The molecule has 1 aliphatic heterocycles. The summed E-state index contributed by atoms with van der Waals surface area (Å²) in [5, 5.41) is 10.7. The fraction of sp³-hybridized carbons (Fsp3) is 0.316. The first-order valence-electron chi connectivity index (χ1n) is 7.66. The van der Waals surface area contributed by atoms with Gasteiger partial charge >= 0.3 is 0 Å². The first-order valence-corrected chi connectivity index (χ1v) is 7.66. The number of carbonyl (C=O) groups is 1. The van der Waals surface area contributed by atoms with Gasteiger partial charge in [-0.05, 0) is 37.0 Å². The third-order valence-electron chi connectivity index (χ3n) is 4.39. The van der Waals surface area contributed by atoms with Gasteiger partial charge in [-0.2, -0.15) is 0 Å². The van der Waals surface area contributed by atoms with Crippen molar-refractivity contribution in [1.29, 1.82) is 0 Å². The molecule has 0 fully saturated rings.